The normalized spacial score (nSPS) is 10.3. The molecule has 88 valence electrons. The molecule has 0 aliphatic carbocycles. The van der Waals surface area contributed by atoms with Crippen molar-refractivity contribution in [3.63, 3.8) is 0 Å². The van der Waals surface area contributed by atoms with Crippen LogP contribution in [-0.4, -0.2) is 19.2 Å². The maximum absolute atomic E-state index is 11.4. The Morgan fingerprint density at radius 1 is 1.38 bits per heavy atom. The summed E-state index contributed by atoms with van der Waals surface area (Å²) in [7, 11) is 1.38. The number of esters is 1. The summed E-state index contributed by atoms with van der Waals surface area (Å²) in [6, 6.07) is 5.37. The molecule has 0 aliphatic heterocycles. The van der Waals surface area contributed by atoms with Crippen molar-refractivity contribution in [1.29, 1.82) is 0 Å². The lowest BCUT2D eigenvalue weighted by molar-refractivity contribution is 0.0600. The van der Waals surface area contributed by atoms with Crippen LogP contribution in [0.4, 0.5) is 0 Å². The fraction of sp³-hybridized carbons (Fsp3) is 0.462. The Hall–Kier alpha value is -1.51. The quantitative estimate of drug-likeness (QED) is 0.735. The highest BCUT2D eigenvalue weighted by Crippen LogP contribution is 2.22. The van der Waals surface area contributed by atoms with Crippen molar-refractivity contribution < 1.29 is 14.3 Å². The fourth-order valence-electron chi connectivity index (χ4n) is 1.47. The molecule has 0 aromatic heterocycles. The van der Waals surface area contributed by atoms with E-state index in [2.05, 4.69) is 4.74 Å². The molecule has 3 heteroatoms. The average molecular weight is 222 g/mol. The smallest absolute Gasteiger partial charge is 0.337 e. The van der Waals surface area contributed by atoms with Gasteiger partial charge in [-0.25, -0.2) is 4.79 Å². The van der Waals surface area contributed by atoms with E-state index >= 15 is 0 Å². The summed E-state index contributed by atoms with van der Waals surface area (Å²) >= 11 is 0. The Balaban J connectivity index is 3.01. The number of carbonyl (C=O) groups excluding carboxylic acids is 1. The monoisotopic (exact) mass is 222 g/mol. The third kappa shape index (κ3) is 2.99. The van der Waals surface area contributed by atoms with Crippen molar-refractivity contribution in [3.05, 3.63) is 29.3 Å². The zero-order valence-corrected chi connectivity index (χ0v) is 10.2. The highest BCUT2D eigenvalue weighted by molar-refractivity contribution is 5.89. The van der Waals surface area contributed by atoms with Crippen LogP contribution in [0.2, 0.25) is 0 Å². The molecule has 0 heterocycles. The molecule has 1 rings (SSSR count). The molecule has 0 aliphatic rings. The molecule has 3 nitrogen and oxygen atoms in total. The number of benzene rings is 1. The summed E-state index contributed by atoms with van der Waals surface area (Å²) in [4.78, 5) is 11.4. The number of hydrogen-bond donors (Lipinski definition) is 0. The van der Waals surface area contributed by atoms with Gasteiger partial charge in [-0.3, -0.25) is 0 Å². The van der Waals surface area contributed by atoms with Gasteiger partial charge in [0.2, 0.25) is 0 Å². The van der Waals surface area contributed by atoms with E-state index in [-0.39, 0.29) is 12.1 Å². The summed E-state index contributed by atoms with van der Waals surface area (Å²) < 4.78 is 10.3. The lowest BCUT2D eigenvalue weighted by Crippen LogP contribution is -2.08. The Labute approximate surface area is 96.4 Å². The fourth-order valence-corrected chi connectivity index (χ4v) is 1.47. The van der Waals surface area contributed by atoms with E-state index in [4.69, 9.17) is 4.74 Å². The minimum absolute atomic E-state index is 0.134. The third-order valence-electron chi connectivity index (χ3n) is 2.23. The van der Waals surface area contributed by atoms with E-state index < -0.39 is 0 Å². The van der Waals surface area contributed by atoms with Gasteiger partial charge in [-0.1, -0.05) is 6.92 Å². The summed E-state index contributed by atoms with van der Waals surface area (Å²) in [5.74, 6) is 0.524. The van der Waals surface area contributed by atoms with E-state index in [1.807, 2.05) is 32.9 Å². The van der Waals surface area contributed by atoms with Gasteiger partial charge in [-0.15, -0.1) is 0 Å². The predicted molar refractivity (Wildman–Crippen MR) is 62.9 cm³/mol. The minimum atomic E-state index is -0.314. The Kier molecular flexibility index (Phi) is 4.35. The largest absolute Gasteiger partial charge is 0.491 e. The molecule has 16 heavy (non-hydrogen) atoms. The highest BCUT2D eigenvalue weighted by Gasteiger charge is 2.10. The number of rotatable bonds is 4. The van der Waals surface area contributed by atoms with Gasteiger partial charge >= 0.3 is 5.97 Å². The number of carbonyl (C=O) groups is 1. The first-order chi connectivity index (χ1) is 7.58. The summed E-state index contributed by atoms with van der Waals surface area (Å²) in [6.45, 7) is 5.99. The molecule has 0 N–H and O–H groups in total. The van der Waals surface area contributed by atoms with Gasteiger partial charge < -0.3 is 9.47 Å². The van der Waals surface area contributed by atoms with Gasteiger partial charge in [0, 0.05) is 0 Å². The molecule has 0 bridgehead atoms. The second kappa shape index (κ2) is 5.54. The van der Waals surface area contributed by atoms with E-state index in [1.165, 1.54) is 7.11 Å². The zero-order chi connectivity index (χ0) is 12.1. The van der Waals surface area contributed by atoms with E-state index in [1.54, 1.807) is 6.07 Å². The second-order valence-electron chi connectivity index (χ2n) is 3.83. The van der Waals surface area contributed by atoms with E-state index in [0.717, 1.165) is 17.7 Å². The molecule has 0 saturated heterocycles. The van der Waals surface area contributed by atoms with Crippen molar-refractivity contribution in [2.75, 3.05) is 7.11 Å². The summed E-state index contributed by atoms with van der Waals surface area (Å²) in [5.41, 5.74) is 1.59. The van der Waals surface area contributed by atoms with Crippen LogP contribution in [0, 0.1) is 0 Å². The van der Waals surface area contributed by atoms with Crippen LogP contribution >= 0.6 is 0 Å². The molecule has 0 amide bonds. The van der Waals surface area contributed by atoms with Crippen molar-refractivity contribution in [1.82, 2.24) is 0 Å². The van der Waals surface area contributed by atoms with Gasteiger partial charge in [0.1, 0.15) is 5.75 Å². The van der Waals surface area contributed by atoms with Crippen LogP contribution < -0.4 is 4.74 Å². The Bertz CT molecular complexity index is 369. The van der Waals surface area contributed by atoms with Gasteiger partial charge in [-0.05, 0) is 44.0 Å². The van der Waals surface area contributed by atoms with Crippen molar-refractivity contribution in [3.8, 4) is 5.75 Å². The standard InChI is InChI=1S/C13H18O3/c1-5-10-8-11(13(14)15-4)6-7-12(10)16-9(2)3/h6-9H,5H2,1-4H3. The Morgan fingerprint density at radius 2 is 2.06 bits per heavy atom. The van der Waals surface area contributed by atoms with Gasteiger partial charge in [0.15, 0.2) is 0 Å². The number of aryl methyl sites for hydroxylation is 1. The van der Waals surface area contributed by atoms with Crippen LogP contribution in [0.25, 0.3) is 0 Å². The predicted octanol–water partition coefficient (Wildman–Crippen LogP) is 2.82. The molecular weight excluding hydrogens is 204 g/mol. The molecule has 1 aromatic rings. The van der Waals surface area contributed by atoms with E-state index in [0.29, 0.717) is 5.56 Å². The molecule has 0 radical (unpaired) electrons. The first kappa shape index (κ1) is 12.6. The zero-order valence-electron chi connectivity index (χ0n) is 10.2. The van der Waals surface area contributed by atoms with Gasteiger partial charge in [0.25, 0.3) is 0 Å². The topological polar surface area (TPSA) is 35.5 Å². The molecular formula is C13H18O3. The van der Waals surface area contributed by atoms with Crippen LogP contribution in [0.1, 0.15) is 36.7 Å². The SMILES string of the molecule is CCc1cc(C(=O)OC)ccc1OC(C)C. The van der Waals surface area contributed by atoms with Gasteiger partial charge in [0.05, 0.1) is 18.8 Å². The lowest BCUT2D eigenvalue weighted by Gasteiger charge is -2.14. The van der Waals surface area contributed by atoms with Gasteiger partial charge in [-0.2, -0.15) is 0 Å². The van der Waals surface area contributed by atoms with Crippen LogP contribution in [-0.2, 0) is 11.2 Å². The van der Waals surface area contributed by atoms with Crippen LogP contribution in [0.3, 0.4) is 0 Å². The minimum Gasteiger partial charge on any atom is -0.491 e. The Morgan fingerprint density at radius 3 is 2.56 bits per heavy atom. The number of ether oxygens (including phenoxy) is 2. The van der Waals surface area contributed by atoms with Crippen LogP contribution in [0.5, 0.6) is 5.75 Å². The number of methoxy groups -OCH3 is 1. The van der Waals surface area contributed by atoms with Crippen molar-refractivity contribution in [2.45, 2.75) is 33.3 Å². The summed E-state index contributed by atoms with van der Waals surface area (Å²) in [5, 5.41) is 0. The maximum Gasteiger partial charge on any atom is 0.337 e. The molecule has 0 atom stereocenters. The molecule has 1 aromatic carbocycles. The molecule has 0 saturated carbocycles. The third-order valence-corrected chi connectivity index (χ3v) is 2.23. The first-order valence-corrected chi connectivity index (χ1v) is 5.46. The lowest BCUT2D eigenvalue weighted by atomic mass is 10.1. The maximum atomic E-state index is 11.4. The second-order valence-corrected chi connectivity index (χ2v) is 3.83. The van der Waals surface area contributed by atoms with Crippen LogP contribution in [0.15, 0.2) is 18.2 Å². The molecule has 0 fully saturated rings. The molecule has 0 spiro atoms. The number of hydrogen-bond acceptors (Lipinski definition) is 3. The summed E-state index contributed by atoms with van der Waals surface area (Å²) in [6.07, 6.45) is 0.960. The highest BCUT2D eigenvalue weighted by atomic mass is 16.5. The average Bonchev–Trinajstić information content (AvgIpc) is 2.27. The van der Waals surface area contributed by atoms with Crippen molar-refractivity contribution in [2.24, 2.45) is 0 Å². The van der Waals surface area contributed by atoms with E-state index in [9.17, 15) is 4.79 Å². The van der Waals surface area contributed by atoms with Crippen molar-refractivity contribution >= 4 is 5.97 Å². The molecule has 0 unspecified atom stereocenters. The first-order valence-electron chi connectivity index (χ1n) is 5.46.